The van der Waals surface area contributed by atoms with Crippen molar-refractivity contribution in [3.05, 3.63) is 107 Å². The molecule has 13 heteroatoms. The molecule has 2 saturated heterocycles. The number of fused-ring (bicyclic) bond motifs is 3. The number of rotatable bonds is 11. The van der Waals surface area contributed by atoms with E-state index in [1.165, 1.54) is 13.8 Å². The number of para-hydroxylation sites is 2. The molecule has 4 heterocycles. The normalized spacial score (nSPS) is 19.4. The molecule has 1 unspecified atom stereocenters. The standard InChI is InChI=1S/C44H44N4O9/c1-6-11-38-46-39-25(2)20-30(42-45-33-14-9-10-15-34(33)47(42)5)21-35(39)48(38)22-28-16-18-29(19-17-28)31-12-7-8-13-32(31)43(50)55-27(4)56-44(51)57-37-24-53-40-36(54-26(3)49)23-52-41(37)40/h7-10,12-21,27,36-37,40-41H,6,11,22-24H2,1-5H3/t27?,36-,37+,40-,41-/m1/s1. The van der Waals surface area contributed by atoms with Crippen molar-refractivity contribution in [2.24, 2.45) is 7.05 Å². The minimum absolute atomic E-state index is 0.0472. The number of hydrogen-bond donors (Lipinski definition) is 0. The third-order valence-electron chi connectivity index (χ3n) is 10.5. The average Bonchev–Trinajstić information content (AvgIpc) is 3.96. The lowest BCUT2D eigenvalue weighted by molar-refractivity contribution is -0.151. The van der Waals surface area contributed by atoms with Crippen molar-refractivity contribution < 1.29 is 42.8 Å². The molecular formula is C44H44N4O9. The van der Waals surface area contributed by atoms with Gasteiger partial charge in [-0.3, -0.25) is 4.79 Å². The van der Waals surface area contributed by atoms with E-state index in [1.807, 2.05) is 49.5 Å². The SMILES string of the molecule is CCCc1nc2c(C)cc(-c3nc4ccccc4n3C)cc2n1Cc1ccc(-c2ccccc2C(=O)OC(C)OC(=O)O[C@H]2CO[C@H]3[C@@H]2OC[C@H]3OC(C)=O)cc1. The summed E-state index contributed by atoms with van der Waals surface area (Å²) in [5.74, 6) is 0.812. The van der Waals surface area contributed by atoms with Crippen LogP contribution in [0.2, 0.25) is 0 Å². The smallest absolute Gasteiger partial charge is 0.457 e. The van der Waals surface area contributed by atoms with E-state index in [4.69, 9.17) is 38.4 Å². The maximum atomic E-state index is 13.4. The molecule has 2 aliphatic rings. The molecule has 294 valence electrons. The van der Waals surface area contributed by atoms with Gasteiger partial charge in [-0.1, -0.05) is 61.5 Å². The molecule has 0 saturated carbocycles. The summed E-state index contributed by atoms with van der Waals surface area (Å²) in [7, 11) is 2.05. The van der Waals surface area contributed by atoms with E-state index in [1.54, 1.807) is 12.1 Å². The van der Waals surface area contributed by atoms with Crippen LogP contribution in [0.4, 0.5) is 4.79 Å². The van der Waals surface area contributed by atoms with Crippen molar-refractivity contribution >= 4 is 40.2 Å². The summed E-state index contributed by atoms with van der Waals surface area (Å²) >= 11 is 0. The summed E-state index contributed by atoms with van der Waals surface area (Å²) in [6.07, 6.45) is -3.00. The molecule has 0 bridgehead atoms. The Kier molecular flexibility index (Phi) is 10.5. The Morgan fingerprint density at radius 3 is 2.26 bits per heavy atom. The van der Waals surface area contributed by atoms with Crippen LogP contribution in [0.3, 0.4) is 0 Å². The summed E-state index contributed by atoms with van der Waals surface area (Å²) in [6.45, 7) is 7.79. The van der Waals surface area contributed by atoms with Gasteiger partial charge in [0, 0.05) is 39.4 Å². The predicted molar refractivity (Wildman–Crippen MR) is 210 cm³/mol. The second kappa shape index (κ2) is 15.8. The summed E-state index contributed by atoms with van der Waals surface area (Å²) in [4.78, 5) is 47.5. The molecule has 5 atom stereocenters. The lowest BCUT2D eigenvalue weighted by atomic mass is 9.98. The highest BCUT2D eigenvalue weighted by Crippen LogP contribution is 2.33. The molecule has 57 heavy (non-hydrogen) atoms. The van der Waals surface area contributed by atoms with Gasteiger partial charge >= 0.3 is 18.1 Å². The molecular weight excluding hydrogens is 729 g/mol. The topological polar surface area (TPSA) is 142 Å². The third-order valence-corrected chi connectivity index (χ3v) is 10.5. The van der Waals surface area contributed by atoms with Gasteiger partial charge in [0.25, 0.3) is 0 Å². The fourth-order valence-electron chi connectivity index (χ4n) is 7.82. The average molecular weight is 773 g/mol. The van der Waals surface area contributed by atoms with Crippen molar-refractivity contribution in [2.45, 2.75) is 77.8 Å². The maximum absolute atomic E-state index is 13.4. The van der Waals surface area contributed by atoms with Crippen LogP contribution in [-0.2, 0) is 53.2 Å². The zero-order chi connectivity index (χ0) is 39.8. The fraction of sp³-hybridized carbons (Fsp3) is 0.341. The Morgan fingerprint density at radius 1 is 0.842 bits per heavy atom. The highest BCUT2D eigenvalue weighted by Gasteiger charge is 2.51. The van der Waals surface area contributed by atoms with Crippen LogP contribution in [0.25, 0.3) is 44.6 Å². The molecule has 0 amide bonds. The molecule has 0 spiro atoms. The second-order valence-corrected chi connectivity index (χ2v) is 14.5. The number of carbonyl (C=O) groups is 3. The number of hydrogen-bond acceptors (Lipinski definition) is 11. The number of imidazole rings is 2. The zero-order valence-corrected chi connectivity index (χ0v) is 32.5. The van der Waals surface area contributed by atoms with Gasteiger partial charge in [0.15, 0.2) is 12.2 Å². The Hall–Kier alpha value is -6.05. The number of benzene rings is 4. The van der Waals surface area contributed by atoms with Crippen LogP contribution < -0.4 is 0 Å². The first-order valence-corrected chi connectivity index (χ1v) is 19.2. The van der Waals surface area contributed by atoms with Crippen LogP contribution in [-0.4, -0.2) is 81.1 Å². The molecule has 13 nitrogen and oxygen atoms in total. The maximum Gasteiger partial charge on any atom is 0.511 e. The van der Waals surface area contributed by atoms with E-state index in [0.717, 1.165) is 68.8 Å². The van der Waals surface area contributed by atoms with E-state index in [0.29, 0.717) is 17.7 Å². The van der Waals surface area contributed by atoms with Crippen LogP contribution >= 0.6 is 0 Å². The third kappa shape index (κ3) is 7.60. The first-order valence-electron chi connectivity index (χ1n) is 19.2. The van der Waals surface area contributed by atoms with Crippen LogP contribution in [0.1, 0.15) is 54.5 Å². The number of ether oxygens (including phenoxy) is 6. The van der Waals surface area contributed by atoms with E-state index in [2.05, 4.69) is 53.3 Å². The largest absolute Gasteiger partial charge is 0.511 e. The number of aromatic nitrogens is 4. The van der Waals surface area contributed by atoms with Crippen molar-refractivity contribution in [1.82, 2.24) is 19.1 Å². The number of carbonyl (C=O) groups excluding carboxylic acids is 3. The summed E-state index contributed by atoms with van der Waals surface area (Å²) in [5.41, 5.74) is 9.08. The van der Waals surface area contributed by atoms with E-state index in [-0.39, 0.29) is 13.2 Å². The Labute approximate surface area is 329 Å². The minimum Gasteiger partial charge on any atom is -0.457 e. The van der Waals surface area contributed by atoms with Crippen molar-refractivity contribution in [1.29, 1.82) is 0 Å². The number of nitrogens with zero attached hydrogens (tertiary/aromatic N) is 4. The first kappa shape index (κ1) is 37.9. The quantitative estimate of drug-likeness (QED) is 0.0743. The van der Waals surface area contributed by atoms with Gasteiger partial charge in [-0.05, 0) is 65.9 Å². The van der Waals surface area contributed by atoms with Crippen LogP contribution in [0.15, 0.2) is 84.9 Å². The molecule has 2 fully saturated rings. The van der Waals surface area contributed by atoms with Gasteiger partial charge in [0.2, 0.25) is 6.29 Å². The van der Waals surface area contributed by atoms with Crippen LogP contribution in [0, 0.1) is 6.92 Å². The molecule has 4 aromatic carbocycles. The molecule has 6 aromatic rings. The predicted octanol–water partition coefficient (Wildman–Crippen LogP) is 7.32. The van der Waals surface area contributed by atoms with E-state index >= 15 is 0 Å². The molecule has 2 aliphatic heterocycles. The minimum atomic E-state index is -1.25. The summed E-state index contributed by atoms with van der Waals surface area (Å²) < 4.78 is 37.2. The Balaban J connectivity index is 0.959. The van der Waals surface area contributed by atoms with Gasteiger partial charge in [-0.15, -0.1) is 0 Å². The zero-order valence-electron chi connectivity index (χ0n) is 32.5. The van der Waals surface area contributed by atoms with Crippen molar-refractivity contribution in [2.75, 3.05) is 13.2 Å². The monoisotopic (exact) mass is 772 g/mol. The number of esters is 2. The molecule has 8 rings (SSSR count). The van der Waals surface area contributed by atoms with Gasteiger partial charge in [0.1, 0.15) is 23.9 Å². The highest BCUT2D eigenvalue weighted by molar-refractivity contribution is 5.97. The molecule has 0 aliphatic carbocycles. The van der Waals surface area contributed by atoms with E-state index in [9.17, 15) is 14.4 Å². The van der Waals surface area contributed by atoms with Gasteiger partial charge in [-0.25, -0.2) is 19.6 Å². The van der Waals surface area contributed by atoms with Gasteiger partial charge < -0.3 is 37.6 Å². The highest BCUT2D eigenvalue weighted by atomic mass is 16.8. The molecule has 2 aromatic heterocycles. The molecule has 0 N–H and O–H groups in total. The van der Waals surface area contributed by atoms with Crippen LogP contribution in [0.5, 0.6) is 0 Å². The van der Waals surface area contributed by atoms with Crippen molar-refractivity contribution in [3.8, 4) is 22.5 Å². The summed E-state index contributed by atoms with van der Waals surface area (Å²) in [6, 6.07) is 27.7. The molecule has 0 radical (unpaired) electrons. The first-order chi connectivity index (χ1) is 27.6. The Morgan fingerprint density at radius 2 is 1.54 bits per heavy atom. The van der Waals surface area contributed by atoms with Gasteiger partial charge in [-0.2, -0.15) is 0 Å². The van der Waals surface area contributed by atoms with E-state index < -0.39 is 48.8 Å². The van der Waals surface area contributed by atoms with Crippen molar-refractivity contribution in [3.63, 3.8) is 0 Å². The fourth-order valence-corrected chi connectivity index (χ4v) is 7.82. The second-order valence-electron chi connectivity index (χ2n) is 14.5. The Bertz CT molecular complexity index is 2470. The summed E-state index contributed by atoms with van der Waals surface area (Å²) in [5, 5.41) is 0. The van der Waals surface area contributed by atoms with Gasteiger partial charge in [0.05, 0.1) is 40.8 Å². The lowest BCUT2D eigenvalue weighted by Gasteiger charge is -2.19. The lowest BCUT2D eigenvalue weighted by Crippen LogP contribution is -2.36. The number of aryl methyl sites for hydroxylation is 3.